The van der Waals surface area contributed by atoms with Crippen LogP contribution in [0.1, 0.15) is 38.0 Å². The van der Waals surface area contributed by atoms with Crippen LogP contribution in [0.5, 0.6) is 0 Å². The minimum absolute atomic E-state index is 0.0741. The molecular formula is C18H25N5. The number of aromatic nitrogens is 4. The Morgan fingerprint density at radius 2 is 1.91 bits per heavy atom. The summed E-state index contributed by atoms with van der Waals surface area (Å²) < 4.78 is 2.17. The third-order valence-corrected chi connectivity index (χ3v) is 4.13. The lowest BCUT2D eigenvalue weighted by atomic mass is 9.92. The van der Waals surface area contributed by atoms with Crippen molar-refractivity contribution >= 4 is 11.0 Å². The first kappa shape index (κ1) is 15.7. The van der Waals surface area contributed by atoms with Crippen molar-refractivity contribution < 1.29 is 0 Å². The topological polar surface area (TPSA) is 49.7 Å². The van der Waals surface area contributed by atoms with E-state index in [0.717, 1.165) is 35.8 Å². The van der Waals surface area contributed by atoms with Gasteiger partial charge in [-0.1, -0.05) is 32.9 Å². The molecule has 0 saturated carbocycles. The first-order valence-electron chi connectivity index (χ1n) is 7.98. The molecule has 5 nitrogen and oxygen atoms in total. The highest BCUT2D eigenvalue weighted by molar-refractivity contribution is 5.75. The lowest BCUT2D eigenvalue weighted by molar-refractivity contribution is 0.304. The summed E-state index contributed by atoms with van der Waals surface area (Å²) in [6.45, 7) is 8.16. The summed E-state index contributed by atoms with van der Waals surface area (Å²) in [6.07, 6.45) is 0. The minimum Gasteiger partial charge on any atom is -0.330 e. The van der Waals surface area contributed by atoms with Crippen LogP contribution in [-0.2, 0) is 25.6 Å². The average molecular weight is 311 g/mol. The third-order valence-electron chi connectivity index (χ3n) is 4.13. The van der Waals surface area contributed by atoms with Gasteiger partial charge in [0.1, 0.15) is 5.82 Å². The number of imidazole rings is 1. The van der Waals surface area contributed by atoms with Crippen LogP contribution in [0.15, 0.2) is 30.3 Å². The van der Waals surface area contributed by atoms with E-state index < -0.39 is 0 Å². The van der Waals surface area contributed by atoms with Gasteiger partial charge in [0, 0.05) is 24.7 Å². The Hall–Kier alpha value is -2.14. The number of nitrogens with one attached hydrogen (secondary N) is 1. The number of rotatable bonds is 4. The number of fused-ring (bicyclic) bond motifs is 1. The van der Waals surface area contributed by atoms with E-state index in [9.17, 15) is 0 Å². The van der Waals surface area contributed by atoms with E-state index in [-0.39, 0.29) is 5.41 Å². The molecule has 1 N–H and O–H groups in total. The molecule has 5 heteroatoms. The lowest BCUT2D eigenvalue weighted by Gasteiger charge is -2.15. The Morgan fingerprint density at radius 3 is 2.57 bits per heavy atom. The smallest absolute Gasteiger partial charge is 0.123 e. The van der Waals surface area contributed by atoms with Crippen LogP contribution in [0, 0.1) is 0 Å². The van der Waals surface area contributed by atoms with Gasteiger partial charge in [-0.3, -0.25) is 10.00 Å². The number of nitrogens with zero attached hydrogens (tertiary/aromatic N) is 4. The minimum atomic E-state index is 0.0741. The van der Waals surface area contributed by atoms with E-state index in [1.165, 1.54) is 5.52 Å². The van der Waals surface area contributed by atoms with E-state index in [1.807, 2.05) is 6.07 Å². The van der Waals surface area contributed by atoms with Crippen LogP contribution in [-0.4, -0.2) is 31.7 Å². The molecule has 2 aromatic heterocycles. The van der Waals surface area contributed by atoms with Gasteiger partial charge in [0.05, 0.1) is 23.3 Å². The van der Waals surface area contributed by atoms with Crippen LogP contribution >= 0.6 is 0 Å². The zero-order chi connectivity index (χ0) is 16.6. The summed E-state index contributed by atoms with van der Waals surface area (Å²) in [5.41, 5.74) is 4.53. The molecule has 3 aromatic rings. The van der Waals surface area contributed by atoms with Gasteiger partial charge in [-0.15, -0.1) is 0 Å². The monoisotopic (exact) mass is 311 g/mol. The number of aromatic amines is 1. The predicted molar refractivity (Wildman–Crippen MR) is 93.2 cm³/mol. The second-order valence-electron chi connectivity index (χ2n) is 7.28. The highest BCUT2D eigenvalue weighted by Crippen LogP contribution is 2.21. The van der Waals surface area contributed by atoms with E-state index in [2.05, 4.69) is 78.8 Å². The van der Waals surface area contributed by atoms with Crippen LogP contribution in [0.2, 0.25) is 0 Å². The quantitative estimate of drug-likeness (QED) is 0.805. The molecule has 0 saturated heterocycles. The number of benzene rings is 1. The molecule has 3 rings (SSSR count). The average Bonchev–Trinajstić information content (AvgIpc) is 3.05. The molecule has 0 unspecified atom stereocenters. The second kappa shape index (κ2) is 5.81. The molecule has 0 bridgehead atoms. The molecule has 0 aliphatic heterocycles. The maximum Gasteiger partial charge on any atom is 0.123 e. The molecule has 0 atom stereocenters. The van der Waals surface area contributed by atoms with E-state index in [0.29, 0.717) is 0 Å². The van der Waals surface area contributed by atoms with Crippen molar-refractivity contribution in [1.29, 1.82) is 0 Å². The lowest BCUT2D eigenvalue weighted by Crippen LogP contribution is -2.19. The Balaban J connectivity index is 1.72. The van der Waals surface area contributed by atoms with Crippen LogP contribution < -0.4 is 0 Å². The summed E-state index contributed by atoms with van der Waals surface area (Å²) in [6, 6.07) is 10.4. The molecule has 0 fully saturated rings. The molecule has 2 heterocycles. The van der Waals surface area contributed by atoms with Crippen molar-refractivity contribution in [3.8, 4) is 0 Å². The van der Waals surface area contributed by atoms with Gasteiger partial charge in [-0.05, 0) is 25.2 Å². The Bertz CT molecular complexity index is 806. The number of para-hydroxylation sites is 2. The number of aryl methyl sites for hydroxylation is 1. The van der Waals surface area contributed by atoms with Crippen molar-refractivity contribution in [2.24, 2.45) is 7.05 Å². The molecule has 0 radical (unpaired) electrons. The second-order valence-corrected chi connectivity index (χ2v) is 7.28. The van der Waals surface area contributed by atoms with E-state index >= 15 is 0 Å². The zero-order valence-corrected chi connectivity index (χ0v) is 14.6. The highest BCUT2D eigenvalue weighted by atomic mass is 15.2. The standard InChI is InChI=1S/C18H25N5/c1-18(2,3)16-10-13(20-21-16)11-22(4)12-17-19-14-8-6-7-9-15(14)23(17)5/h6-10H,11-12H2,1-5H3,(H,20,21). The maximum atomic E-state index is 4.73. The first-order valence-corrected chi connectivity index (χ1v) is 7.98. The van der Waals surface area contributed by atoms with Gasteiger partial charge < -0.3 is 4.57 Å². The molecule has 122 valence electrons. The Labute approximate surface area is 137 Å². The number of H-pyrrole nitrogens is 1. The van der Waals surface area contributed by atoms with Gasteiger partial charge >= 0.3 is 0 Å². The van der Waals surface area contributed by atoms with Gasteiger partial charge in [0.15, 0.2) is 0 Å². The first-order chi connectivity index (χ1) is 10.8. The SMILES string of the molecule is CN(Cc1cc(C(C)(C)C)n[nH]1)Cc1nc2ccccc2n1C. The molecule has 0 amide bonds. The van der Waals surface area contributed by atoms with Gasteiger partial charge in [0.25, 0.3) is 0 Å². The molecule has 0 spiro atoms. The van der Waals surface area contributed by atoms with Crippen LogP contribution in [0.3, 0.4) is 0 Å². The summed E-state index contributed by atoms with van der Waals surface area (Å²) in [5, 5.41) is 7.58. The summed E-state index contributed by atoms with van der Waals surface area (Å²) >= 11 is 0. The number of hydrogen-bond acceptors (Lipinski definition) is 3. The molecule has 1 aromatic carbocycles. The van der Waals surface area contributed by atoms with E-state index in [1.54, 1.807) is 0 Å². The largest absolute Gasteiger partial charge is 0.330 e. The van der Waals surface area contributed by atoms with Crippen LogP contribution in [0.4, 0.5) is 0 Å². The predicted octanol–water partition coefficient (Wildman–Crippen LogP) is 3.23. The maximum absolute atomic E-state index is 4.73. The Kier molecular flexibility index (Phi) is 3.98. The van der Waals surface area contributed by atoms with E-state index in [4.69, 9.17) is 4.98 Å². The normalized spacial score (nSPS) is 12.4. The summed E-state index contributed by atoms with van der Waals surface area (Å²) in [5.74, 6) is 1.07. The summed E-state index contributed by atoms with van der Waals surface area (Å²) in [7, 11) is 4.18. The Morgan fingerprint density at radius 1 is 1.17 bits per heavy atom. The van der Waals surface area contributed by atoms with Crippen molar-refractivity contribution in [2.75, 3.05) is 7.05 Å². The molecule has 0 aliphatic rings. The fraction of sp³-hybridized carbons (Fsp3) is 0.444. The highest BCUT2D eigenvalue weighted by Gasteiger charge is 2.18. The van der Waals surface area contributed by atoms with Gasteiger partial charge in [-0.25, -0.2) is 4.98 Å². The fourth-order valence-electron chi connectivity index (χ4n) is 2.75. The van der Waals surface area contributed by atoms with Gasteiger partial charge in [0.2, 0.25) is 0 Å². The van der Waals surface area contributed by atoms with Crippen molar-refractivity contribution in [3.63, 3.8) is 0 Å². The zero-order valence-electron chi connectivity index (χ0n) is 14.6. The molecular weight excluding hydrogens is 286 g/mol. The summed E-state index contributed by atoms with van der Waals surface area (Å²) in [4.78, 5) is 6.98. The van der Waals surface area contributed by atoms with Crippen molar-refractivity contribution in [2.45, 2.75) is 39.3 Å². The van der Waals surface area contributed by atoms with Crippen LogP contribution in [0.25, 0.3) is 11.0 Å². The fourth-order valence-corrected chi connectivity index (χ4v) is 2.75. The van der Waals surface area contributed by atoms with Crippen molar-refractivity contribution in [3.05, 3.63) is 47.5 Å². The molecule has 0 aliphatic carbocycles. The molecule has 23 heavy (non-hydrogen) atoms. The third kappa shape index (κ3) is 3.29. The van der Waals surface area contributed by atoms with Gasteiger partial charge in [-0.2, -0.15) is 5.10 Å². The van der Waals surface area contributed by atoms with Crippen molar-refractivity contribution in [1.82, 2.24) is 24.6 Å². The number of hydrogen-bond donors (Lipinski definition) is 1.